The van der Waals surface area contributed by atoms with E-state index in [1.165, 1.54) is 0 Å². The van der Waals surface area contributed by atoms with E-state index in [0.29, 0.717) is 30.2 Å². The largest absolute Gasteiger partial charge is 0.491 e. The van der Waals surface area contributed by atoms with Crippen molar-refractivity contribution in [3.63, 3.8) is 0 Å². The quantitative estimate of drug-likeness (QED) is 0.151. The van der Waals surface area contributed by atoms with Gasteiger partial charge in [0.1, 0.15) is 35.0 Å². The highest BCUT2D eigenvalue weighted by Crippen LogP contribution is 2.29. The van der Waals surface area contributed by atoms with Crippen LogP contribution in [-0.2, 0) is 22.7 Å². The maximum absolute atomic E-state index is 12.5. The number of ether oxygens (including phenoxy) is 3. The van der Waals surface area contributed by atoms with Crippen molar-refractivity contribution < 1.29 is 23.8 Å². The van der Waals surface area contributed by atoms with E-state index in [0.717, 1.165) is 119 Å². The van der Waals surface area contributed by atoms with E-state index in [2.05, 4.69) is 20.9 Å². The van der Waals surface area contributed by atoms with E-state index in [1.807, 2.05) is 62.1 Å². The summed E-state index contributed by atoms with van der Waals surface area (Å²) in [6, 6.07) is 13.8. The highest BCUT2D eigenvalue weighted by molar-refractivity contribution is 6.30. The second kappa shape index (κ2) is 16.6. The normalized spacial score (nSPS) is 16.7. The molecule has 47 heavy (non-hydrogen) atoms. The van der Waals surface area contributed by atoms with Crippen LogP contribution in [0, 0.1) is 5.92 Å². The van der Waals surface area contributed by atoms with Crippen molar-refractivity contribution in [2.45, 2.75) is 90.5 Å². The number of carbonyl (C=O) groups is 2. The first kappa shape index (κ1) is 34.8. The topological polar surface area (TPSA) is 98.2 Å². The lowest BCUT2D eigenvalue weighted by molar-refractivity contribution is -0.110. The first-order chi connectivity index (χ1) is 22.7. The Bertz CT molecular complexity index is 1440. The molecule has 0 bridgehead atoms. The third-order valence-electron chi connectivity index (χ3n) is 9.03. The number of amides is 2. The molecule has 1 N–H and O–H groups in total. The molecule has 0 unspecified atom stereocenters. The summed E-state index contributed by atoms with van der Waals surface area (Å²) in [5, 5.41) is 3.58. The number of carbonyl (C=O) groups excluding carboxylic acids is 2. The second-order valence-electron chi connectivity index (χ2n) is 13.7. The third-order valence-corrected chi connectivity index (χ3v) is 9.28. The van der Waals surface area contributed by atoms with Gasteiger partial charge in [0, 0.05) is 50.3 Å². The lowest BCUT2D eigenvalue weighted by Gasteiger charge is -2.33. The number of para-hydroxylation sites is 1. The van der Waals surface area contributed by atoms with Gasteiger partial charge < -0.3 is 33.9 Å². The molecular formula is C36H50ClN5O5. The van der Waals surface area contributed by atoms with Crippen molar-refractivity contribution in [3.8, 4) is 11.5 Å². The number of aryl methyl sites for hydroxylation is 1. The summed E-state index contributed by atoms with van der Waals surface area (Å²) in [6.07, 6.45) is 7.55. The van der Waals surface area contributed by atoms with Crippen LogP contribution in [0.15, 0.2) is 42.5 Å². The molecule has 10 nitrogen and oxygen atoms in total. The highest BCUT2D eigenvalue weighted by Gasteiger charge is 2.27. The lowest BCUT2D eigenvalue weighted by atomic mass is 9.92. The van der Waals surface area contributed by atoms with Crippen LogP contribution in [-0.4, -0.2) is 82.8 Å². The van der Waals surface area contributed by atoms with Crippen molar-refractivity contribution >= 4 is 35.1 Å². The Morgan fingerprint density at radius 1 is 0.979 bits per heavy atom. The number of halogens is 1. The molecule has 3 heterocycles. The molecule has 0 spiro atoms. The zero-order valence-corrected chi connectivity index (χ0v) is 28.8. The Kier molecular flexibility index (Phi) is 12.3. The van der Waals surface area contributed by atoms with Gasteiger partial charge in [0.05, 0.1) is 12.1 Å². The molecule has 1 aromatic heterocycles. The van der Waals surface area contributed by atoms with Gasteiger partial charge in [-0.05, 0) is 108 Å². The zero-order chi connectivity index (χ0) is 33.2. The molecule has 0 saturated carbocycles. The molecule has 2 aliphatic heterocycles. The summed E-state index contributed by atoms with van der Waals surface area (Å²) in [7, 11) is 0. The van der Waals surface area contributed by atoms with Crippen LogP contribution >= 0.6 is 11.6 Å². The number of nitrogens with zero attached hydrogens (tertiary/aromatic N) is 4. The summed E-state index contributed by atoms with van der Waals surface area (Å²) >= 11 is 6.08. The maximum Gasteiger partial charge on any atom is 0.410 e. The van der Waals surface area contributed by atoms with E-state index >= 15 is 0 Å². The Labute approximate surface area is 283 Å². The molecule has 0 radical (unpaired) electrons. The van der Waals surface area contributed by atoms with Gasteiger partial charge in [-0.1, -0.05) is 17.7 Å². The minimum atomic E-state index is -0.476. The number of nitrogens with one attached hydrogen (secondary N) is 1. The van der Waals surface area contributed by atoms with Crippen LogP contribution in [0.2, 0.25) is 5.02 Å². The Morgan fingerprint density at radius 3 is 2.43 bits per heavy atom. The maximum atomic E-state index is 12.5. The molecule has 0 atom stereocenters. The van der Waals surface area contributed by atoms with E-state index in [-0.39, 0.29) is 6.09 Å². The van der Waals surface area contributed by atoms with Gasteiger partial charge in [0.25, 0.3) is 0 Å². The minimum Gasteiger partial charge on any atom is -0.491 e. The van der Waals surface area contributed by atoms with Gasteiger partial charge in [0.2, 0.25) is 6.41 Å². The first-order valence-corrected chi connectivity index (χ1v) is 17.5. The van der Waals surface area contributed by atoms with Crippen molar-refractivity contribution in [3.05, 3.63) is 53.3 Å². The Morgan fingerprint density at radius 2 is 1.72 bits per heavy atom. The number of benzene rings is 2. The van der Waals surface area contributed by atoms with Crippen LogP contribution in [0.25, 0.3) is 11.0 Å². The molecule has 5 rings (SSSR count). The van der Waals surface area contributed by atoms with Crippen molar-refractivity contribution in [2.75, 3.05) is 39.3 Å². The van der Waals surface area contributed by atoms with Gasteiger partial charge >= 0.3 is 6.09 Å². The number of hydrogen-bond acceptors (Lipinski definition) is 7. The van der Waals surface area contributed by atoms with Gasteiger partial charge in [-0.25, -0.2) is 9.78 Å². The summed E-state index contributed by atoms with van der Waals surface area (Å²) in [5.74, 6) is 2.96. The molecular weight excluding hydrogens is 618 g/mol. The average Bonchev–Trinajstić information content (AvgIpc) is 3.41. The zero-order valence-electron chi connectivity index (χ0n) is 28.1. The van der Waals surface area contributed by atoms with Gasteiger partial charge in [-0.3, -0.25) is 4.79 Å². The lowest BCUT2D eigenvalue weighted by Crippen LogP contribution is -2.42. The summed E-state index contributed by atoms with van der Waals surface area (Å²) < 4.78 is 20.3. The predicted octanol–water partition coefficient (Wildman–Crippen LogP) is 6.68. The molecule has 2 aliphatic rings. The van der Waals surface area contributed by atoms with Gasteiger partial charge in [-0.2, -0.15) is 0 Å². The number of rotatable bonds is 14. The van der Waals surface area contributed by atoms with Crippen LogP contribution in [0.1, 0.15) is 71.5 Å². The molecule has 3 aromatic rings. The van der Waals surface area contributed by atoms with Crippen LogP contribution in [0.5, 0.6) is 11.5 Å². The standard InChI is InChI=1S/C36H50ClN5O5/c1-36(2,3)47-35(44)41-22-14-27(15-23-41)7-5-19-42-31-8-4-9-32(45-24-6-18-40-20-16-29(17-21-40)38-26-43)34(31)39-33(42)25-46-30-12-10-28(37)11-13-30/h4,8-13,26-27,29H,5-7,14-25H2,1-3H3,(H,38,43). The van der Waals surface area contributed by atoms with Gasteiger partial charge in [0.15, 0.2) is 0 Å². The van der Waals surface area contributed by atoms with Crippen molar-refractivity contribution in [1.29, 1.82) is 0 Å². The van der Waals surface area contributed by atoms with E-state index in [9.17, 15) is 9.59 Å². The number of piperidine rings is 2. The Balaban J connectivity index is 1.19. The molecule has 256 valence electrons. The number of fused-ring (bicyclic) bond motifs is 1. The molecule has 2 aromatic carbocycles. The Hall–Kier alpha value is -3.50. The number of aromatic nitrogens is 2. The van der Waals surface area contributed by atoms with Crippen molar-refractivity contribution in [2.24, 2.45) is 5.92 Å². The van der Waals surface area contributed by atoms with Crippen LogP contribution in [0.3, 0.4) is 0 Å². The number of likely N-dealkylation sites (tertiary alicyclic amines) is 2. The fourth-order valence-corrected chi connectivity index (χ4v) is 6.61. The summed E-state index contributed by atoms with van der Waals surface area (Å²) in [5.41, 5.74) is 1.42. The summed E-state index contributed by atoms with van der Waals surface area (Å²) in [6.45, 7) is 11.9. The molecule has 2 amide bonds. The van der Waals surface area contributed by atoms with Crippen molar-refractivity contribution in [1.82, 2.24) is 24.7 Å². The minimum absolute atomic E-state index is 0.211. The first-order valence-electron chi connectivity index (χ1n) is 17.1. The second-order valence-corrected chi connectivity index (χ2v) is 14.1. The smallest absolute Gasteiger partial charge is 0.410 e. The number of hydrogen-bond donors (Lipinski definition) is 1. The third kappa shape index (κ3) is 10.2. The number of imidazole rings is 1. The molecule has 11 heteroatoms. The highest BCUT2D eigenvalue weighted by atomic mass is 35.5. The molecule has 2 saturated heterocycles. The SMILES string of the molecule is CC(C)(C)OC(=O)N1CCC(CCCn2c(COc3ccc(Cl)cc3)nc3c(OCCCN4CCC(NC=O)CC4)cccc32)CC1. The van der Waals surface area contributed by atoms with E-state index in [1.54, 1.807) is 0 Å². The summed E-state index contributed by atoms with van der Waals surface area (Å²) in [4.78, 5) is 32.6. The van der Waals surface area contributed by atoms with Gasteiger partial charge in [-0.15, -0.1) is 0 Å². The fraction of sp³-hybridized carbons (Fsp3) is 0.583. The molecule has 2 fully saturated rings. The molecule has 0 aliphatic carbocycles. The van der Waals surface area contributed by atoms with E-state index < -0.39 is 5.60 Å². The monoisotopic (exact) mass is 667 g/mol. The average molecular weight is 668 g/mol. The van der Waals surface area contributed by atoms with Crippen LogP contribution < -0.4 is 14.8 Å². The van der Waals surface area contributed by atoms with E-state index in [4.69, 9.17) is 30.8 Å². The fourth-order valence-electron chi connectivity index (χ4n) is 6.48. The predicted molar refractivity (Wildman–Crippen MR) is 184 cm³/mol. The van der Waals surface area contributed by atoms with Crippen LogP contribution in [0.4, 0.5) is 4.79 Å².